The Hall–Kier alpha value is -2.56. The number of methoxy groups -OCH3 is 1. The molecule has 1 aliphatic rings. The molecule has 0 spiro atoms. The Kier molecular flexibility index (Phi) is 4.78. The SMILES string of the molecule is COc1cccc2c(O)c([C@H](c3ccccc3)N3CCOCC3)ccc12. The molecule has 1 atom stereocenters. The van der Waals surface area contributed by atoms with Crippen molar-refractivity contribution in [1.82, 2.24) is 4.90 Å². The molecule has 1 N–H and O–H groups in total. The lowest BCUT2D eigenvalue weighted by molar-refractivity contribution is 0.0236. The minimum absolute atomic E-state index is 0.00398. The molecule has 1 heterocycles. The molecule has 4 rings (SSSR count). The standard InChI is InChI=1S/C22H23NO3/c1-25-20-9-5-8-18-17(20)10-11-19(22(18)24)21(16-6-3-2-4-7-16)23-12-14-26-15-13-23/h2-11,21,24H,12-15H2,1H3/t21-/m0/s1. The summed E-state index contributed by atoms with van der Waals surface area (Å²) >= 11 is 0. The van der Waals surface area contributed by atoms with Gasteiger partial charge in [0.2, 0.25) is 0 Å². The van der Waals surface area contributed by atoms with Gasteiger partial charge in [0.25, 0.3) is 0 Å². The average Bonchev–Trinajstić information content (AvgIpc) is 2.71. The number of rotatable bonds is 4. The van der Waals surface area contributed by atoms with Crippen LogP contribution in [0.5, 0.6) is 11.5 Å². The summed E-state index contributed by atoms with van der Waals surface area (Å²) in [5, 5.41) is 12.9. The van der Waals surface area contributed by atoms with Crippen LogP contribution in [0.1, 0.15) is 17.2 Å². The third-order valence-electron chi connectivity index (χ3n) is 5.06. The van der Waals surface area contributed by atoms with Crippen LogP contribution in [0.3, 0.4) is 0 Å². The normalized spacial score (nSPS) is 16.5. The highest BCUT2D eigenvalue weighted by Gasteiger charge is 2.27. The number of nitrogens with zero attached hydrogens (tertiary/aromatic N) is 1. The van der Waals surface area contributed by atoms with Gasteiger partial charge in [-0.2, -0.15) is 0 Å². The van der Waals surface area contributed by atoms with E-state index < -0.39 is 0 Å². The van der Waals surface area contributed by atoms with Crippen molar-refractivity contribution in [3.05, 3.63) is 71.8 Å². The number of hydrogen-bond donors (Lipinski definition) is 1. The summed E-state index contributed by atoms with van der Waals surface area (Å²) in [6.07, 6.45) is 0. The van der Waals surface area contributed by atoms with Gasteiger partial charge in [-0.05, 0) is 11.6 Å². The summed E-state index contributed by atoms with van der Waals surface area (Å²) in [5.74, 6) is 1.09. The third-order valence-corrected chi connectivity index (χ3v) is 5.06. The molecular weight excluding hydrogens is 326 g/mol. The van der Waals surface area contributed by atoms with E-state index in [1.165, 1.54) is 5.56 Å². The first-order chi connectivity index (χ1) is 12.8. The molecule has 1 fully saturated rings. The molecule has 4 heteroatoms. The van der Waals surface area contributed by atoms with E-state index >= 15 is 0 Å². The number of morpholine rings is 1. The van der Waals surface area contributed by atoms with E-state index in [0.717, 1.165) is 35.2 Å². The van der Waals surface area contributed by atoms with E-state index in [1.807, 2.05) is 48.5 Å². The minimum atomic E-state index is -0.00398. The number of aromatic hydroxyl groups is 1. The van der Waals surface area contributed by atoms with E-state index in [9.17, 15) is 5.11 Å². The Morgan fingerprint density at radius 3 is 2.42 bits per heavy atom. The lowest BCUT2D eigenvalue weighted by Gasteiger charge is -2.35. The fourth-order valence-electron chi connectivity index (χ4n) is 3.79. The van der Waals surface area contributed by atoms with Gasteiger partial charge in [-0.15, -0.1) is 0 Å². The largest absolute Gasteiger partial charge is 0.507 e. The lowest BCUT2D eigenvalue weighted by atomic mass is 9.93. The highest BCUT2D eigenvalue weighted by molar-refractivity contribution is 5.94. The first-order valence-corrected chi connectivity index (χ1v) is 8.95. The Bertz CT molecular complexity index is 889. The zero-order valence-corrected chi connectivity index (χ0v) is 14.9. The number of phenols is 1. The lowest BCUT2D eigenvalue weighted by Crippen LogP contribution is -2.39. The van der Waals surface area contributed by atoms with Crippen molar-refractivity contribution in [2.45, 2.75) is 6.04 Å². The Morgan fingerprint density at radius 1 is 0.923 bits per heavy atom. The molecule has 0 unspecified atom stereocenters. The van der Waals surface area contributed by atoms with Gasteiger partial charge >= 0.3 is 0 Å². The van der Waals surface area contributed by atoms with Crippen LogP contribution in [0.4, 0.5) is 0 Å². The summed E-state index contributed by atoms with van der Waals surface area (Å²) in [5.41, 5.74) is 2.09. The second kappa shape index (κ2) is 7.36. The quantitative estimate of drug-likeness (QED) is 0.774. The number of ether oxygens (including phenoxy) is 2. The van der Waals surface area contributed by atoms with E-state index in [4.69, 9.17) is 9.47 Å². The van der Waals surface area contributed by atoms with Gasteiger partial charge in [-0.3, -0.25) is 4.90 Å². The first-order valence-electron chi connectivity index (χ1n) is 8.95. The van der Waals surface area contributed by atoms with E-state index in [0.29, 0.717) is 19.0 Å². The van der Waals surface area contributed by atoms with Gasteiger partial charge in [0.1, 0.15) is 11.5 Å². The summed E-state index contributed by atoms with van der Waals surface area (Å²) in [4.78, 5) is 2.37. The molecule has 0 aliphatic carbocycles. The van der Waals surface area contributed by atoms with E-state index in [1.54, 1.807) is 7.11 Å². The van der Waals surface area contributed by atoms with Crippen LogP contribution < -0.4 is 4.74 Å². The maximum absolute atomic E-state index is 11.1. The Labute approximate surface area is 153 Å². The fraction of sp³-hybridized carbons (Fsp3) is 0.273. The second-order valence-corrected chi connectivity index (χ2v) is 6.52. The number of benzene rings is 3. The van der Waals surface area contributed by atoms with Crippen LogP contribution in [-0.4, -0.2) is 43.4 Å². The second-order valence-electron chi connectivity index (χ2n) is 6.52. The summed E-state index contributed by atoms with van der Waals surface area (Å²) < 4.78 is 11.0. The van der Waals surface area contributed by atoms with Crippen molar-refractivity contribution < 1.29 is 14.6 Å². The highest BCUT2D eigenvalue weighted by Crippen LogP contribution is 2.40. The molecule has 3 aromatic rings. The van der Waals surface area contributed by atoms with Crippen LogP contribution in [-0.2, 0) is 4.74 Å². The molecule has 3 aromatic carbocycles. The van der Waals surface area contributed by atoms with Gasteiger partial charge < -0.3 is 14.6 Å². The van der Waals surface area contributed by atoms with Gasteiger partial charge in [0.15, 0.2) is 0 Å². The van der Waals surface area contributed by atoms with Crippen LogP contribution in [0.15, 0.2) is 60.7 Å². The molecule has 4 nitrogen and oxygen atoms in total. The summed E-state index contributed by atoms with van der Waals surface area (Å²) in [7, 11) is 1.65. The zero-order chi connectivity index (χ0) is 17.9. The fourth-order valence-corrected chi connectivity index (χ4v) is 3.79. The Balaban J connectivity index is 1.86. The monoisotopic (exact) mass is 349 g/mol. The minimum Gasteiger partial charge on any atom is -0.507 e. The van der Waals surface area contributed by atoms with Crippen molar-refractivity contribution >= 4 is 10.8 Å². The van der Waals surface area contributed by atoms with Crippen molar-refractivity contribution in [1.29, 1.82) is 0 Å². The molecule has 0 amide bonds. The van der Waals surface area contributed by atoms with Crippen LogP contribution in [0.2, 0.25) is 0 Å². The topological polar surface area (TPSA) is 41.9 Å². The van der Waals surface area contributed by atoms with Crippen LogP contribution in [0.25, 0.3) is 10.8 Å². The molecule has 0 radical (unpaired) electrons. The third kappa shape index (κ3) is 3.02. The van der Waals surface area contributed by atoms with Gasteiger partial charge in [0, 0.05) is 29.4 Å². The number of phenolic OH excluding ortho intramolecular Hbond substituents is 1. The van der Waals surface area contributed by atoms with Crippen LogP contribution in [0, 0.1) is 0 Å². The average molecular weight is 349 g/mol. The molecule has 1 aliphatic heterocycles. The molecule has 134 valence electrons. The summed E-state index contributed by atoms with van der Waals surface area (Å²) in [6, 6.07) is 20.2. The molecule has 0 aromatic heterocycles. The number of hydrogen-bond acceptors (Lipinski definition) is 4. The van der Waals surface area contributed by atoms with Crippen molar-refractivity contribution in [3.8, 4) is 11.5 Å². The first kappa shape index (κ1) is 16.9. The Morgan fingerprint density at radius 2 is 1.69 bits per heavy atom. The predicted molar refractivity (Wildman–Crippen MR) is 103 cm³/mol. The van der Waals surface area contributed by atoms with Crippen molar-refractivity contribution in [2.75, 3.05) is 33.4 Å². The van der Waals surface area contributed by atoms with Gasteiger partial charge in [-0.25, -0.2) is 0 Å². The smallest absolute Gasteiger partial charge is 0.128 e. The van der Waals surface area contributed by atoms with Crippen LogP contribution >= 0.6 is 0 Å². The van der Waals surface area contributed by atoms with Gasteiger partial charge in [0.05, 0.1) is 26.4 Å². The van der Waals surface area contributed by atoms with Gasteiger partial charge in [-0.1, -0.05) is 54.6 Å². The maximum Gasteiger partial charge on any atom is 0.128 e. The van der Waals surface area contributed by atoms with Crippen molar-refractivity contribution in [2.24, 2.45) is 0 Å². The van der Waals surface area contributed by atoms with Crippen molar-refractivity contribution in [3.63, 3.8) is 0 Å². The predicted octanol–water partition coefficient (Wildman–Crippen LogP) is 3.98. The summed E-state index contributed by atoms with van der Waals surface area (Å²) in [6.45, 7) is 3.11. The molecule has 0 bridgehead atoms. The van der Waals surface area contributed by atoms with E-state index in [2.05, 4.69) is 17.0 Å². The highest BCUT2D eigenvalue weighted by atomic mass is 16.5. The molecule has 1 saturated heterocycles. The molecule has 26 heavy (non-hydrogen) atoms. The zero-order valence-electron chi connectivity index (χ0n) is 14.9. The molecular formula is C22H23NO3. The number of fused-ring (bicyclic) bond motifs is 1. The molecule has 0 saturated carbocycles. The van der Waals surface area contributed by atoms with E-state index in [-0.39, 0.29) is 6.04 Å². The maximum atomic E-state index is 11.1.